The molecular formula is C26H30BrN5O4S. The smallest absolute Gasteiger partial charge is 0.255 e. The minimum absolute atomic E-state index is 0.284. The van der Waals surface area contributed by atoms with Crippen molar-refractivity contribution in [3.8, 4) is 17.2 Å². The fourth-order valence-corrected chi connectivity index (χ4v) is 5.44. The Balaban J connectivity index is 1.84. The van der Waals surface area contributed by atoms with Gasteiger partial charge < -0.3 is 24.8 Å². The maximum atomic E-state index is 13.8. The summed E-state index contributed by atoms with van der Waals surface area (Å²) in [6, 6.07) is 10.5. The van der Waals surface area contributed by atoms with Crippen molar-refractivity contribution in [1.82, 2.24) is 14.8 Å². The van der Waals surface area contributed by atoms with E-state index in [1.54, 1.807) is 42.8 Å². The number of rotatable bonds is 10. The van der Waals surface area contributed by atoms with E-state index in [4.69, 9.17) is 19.3 Å². The third-order valence-corrected chi connectivity index (χ3v) is 7.35. The number of thioether (sulfide) groups is 1. The lowest BCUT2D eigenvalue weighted by Gasteiger charge is -2.29. The summed E-state index contributed by atoms with van der Waals surface area (Å²) >= 11 is 5.19. The number of anilines is 2. The molecule has 1 unspecified atom stereocenters. The van der Waals surface area contributed by atoms with E-state index >= 15 is 0 Å². The van der Waals surface area contributed by atoms with Crippen LogP contribution in [0.3, 0.4) is 0 Å². The molecule has 0 saturated heterocycles. The van der Waals surface area contributed by atoms with Crippen molar-refractivity contribution in [3.63, 3.8) is 0 Å². The number of nitrogens with one attached hydrogen (secondary N) is 2. The number of ether oxygens (including phenoxy) is 3. The van der Waals surface area contributed by atoms with Crippen LogP contribution in [0.1, 0.15) is 38.8 Å². The van der Waals surface area contributed by atoms with Gasteiger partial charge in [0.05, 0.1) is 36.6 Å². The third-order valence-electron chi connectivity index (χ3n) is 5.72. The van der Waals surface area contributed by atoms with Crippen molar-refractivity contribution in [2.45, 2.75) is 38.4 Å². The van der Waals surface area contributed by atoms with E-state index in [1.807, 2.05) is 38.1 Å². The number of aromatic nitrogens is 3. The highest BCUT2D eigenvalue weighted by atomic mass is 79.9. The number of amides is 1. The molecular weight excluding hydrogens is 558 g/mol. The molecule has 0 aliphatic carbocycles. The number of hydrogen-bond acceptors (Lipinski definition) is 8. The Morgan fingerprint density at radius 1 is 1.19 bits per heavy atom. The monoisotopic (exact) mass is 587 g/mol. The van der Waals surface area contributed by atoms with Crippen LogP contribution in [0, 0.1) is 0 Å². The van der Waals surface area contributed by atoms with Crippen molar-refractivity contribution >= 4 is 45.2 Å². The number of benzene rings is 2. The average molecular weight is 589 g/mol. The predicted octanol–water partition coefficient (Wildman–Crippen LogP) is 5.89. The summed E-state index contributed by atoms with van der Waals surface area (Å²) in [6.45, 7) is 6.34. The van der Waals surface area contributed by atoms with Crippen LogP contribution in [0.2, 0.25) is 0 Å². The summed E-state index contributed by atoms with van der Waals surface area (Å²) in [7, 11) is 3.16. The average Bonchev–Trinajstić information content (AvgIpc) is 3.29. The highest BCUT2D eigenvalue weighted by Crippen LogP contribution is 2.43. The van der Waals surface area contributed by atoms with Crippen molar-refractivity contribution in [2.75, 3.05) is 37.2 Å². The zero-order valence-corrected chi connectivity index (χ0v) is 23.8. The fourth-order valence-electron chi connectivity index (χ4n) is 4.13. The van der Waals surface area contributed by atoms with Crippen molar-refractivity contribution < 1.29 is 19.0 Å². The molecule has 196 valence electrons. The molecule has 0 saturated carbocycles. The van der Waals surface area contributed by atoms with Crippen LogP contribution in [0.4, 0.5) is 11.6 Å². The summed E-state index contributed by atoms with van der Waals surface area (Å²) < 4.78 is 19.3. The zero-order chi connectivity index (χ0) is 26.5. The quantitative estimate of drug-likeness (QED) is 0.283. The summed E-state index contributed by atoms with van der Waals surface area (Å²) in [5, 5.41) is 11.7. The summed E-state index contributed by atoms with van der Waals surface area (Å²) in [4.78, 5) is 18.5. The van der Waals surface area contributed by atoms with Crippen LogP contribution < -0.4 is 24.8 Å². The van der Waals surface area contributed by atoms with Gasteiger partial charge in [-0.15, -0.1) is 5.10 Å². The molecule has 1 aliphatic rings. The minimum Gasteiger partial charge on any atom is -0.495 e. The number of methoxy groups -OCH3 is 2. The van der Waals surface area contributed by atoms with Crippen molar-refractivity contribution in [1.29, 1.82) is 0 Å². The Morgan fingerprint density at radius 2 is 1.97 bits per heavy atom. The highest BCUT2D eigenvalue weighted by Gasteiger charge is 2.35. The van der Waals surface area contributed by atoms with Gasteiger partial charge in [0.1, 0.15) is 11.8 Å². The molecule has 0 bridgehead atoms. The summed E-state index contributed by atoms with van der Waals surface area (Å²) in [5.41, 5.74) is 2.54. The number of nitrogens with zero attached hydrogens (tertiary/aromatic N) is 3. The Bertz CT molecular complexity index is 1330. The number of fused-ring (bicyclic) bond motifs is 1. The van der Waals surface area contributed by atoms with Gasteiger partial charge in [0.2, 0.25) is 11.1 Å². The first-order valence-electron chi connectivity index (χ1n) is 11.9. The second-order valence-corrected chi connectivity index (χ2v) is 10.1. The first-order chi connectivity index (χ1) is 17.9. The highest BCUT2D eigenvalue weighted by molar-refractivity contribution is 9.10. The van der Waals surface area contributed by atoms with Crippen LogP contribution in [0.5, 0.6) is 17.2 Å². The Labute approximate surface area is 229 Å². The van der Waals surface area contributed by atoms with E-state index in [0.29, 0.717) is 56.4 Å². The molecule has 0 radical (unpaired) electrons. The molecule has 4 rings (SSSR count). The lowest BCUT2D eigenvalue weighted by Crippen LogP contribution is -2.31. The number of allylic oxidation sites excluding steroid dienone is 1. The van der Waals surface area contributed by atoms with Crippen LogP contribution in [-0.4, -0.2) is 47.3 Å². The van der Waals surface area contributed by atoms with Gasteiger partial charge in [-0.3, -0.25) is 4.79 Å². The van der Waals surface area contributed by atoms with Gasteiger partial charge in [0, 0.05) is 11.4 Å². The van der Waals surface area contributed by atoms with E-state index in [2.05, 4.69) is 38.5 Å². The fraction of sp³-hybridized carbons (Fsp3) is 0.346. The van der Waals surface area contributed by atoms with E-state index in [1.165, 1.54) is 0 Å². The van der Waals surface area contributed by atoms with E-state index in [9.17, 15) is 4.79 Å². The van der Waals surface area contributed by atoms with E-state index in [-0.39, 0.29) is 5.91 Å². The number of para-hydroxylation sites is 2. The van der Waals surface area contributed by atoms with Crippen molar-refractivity contribution in [3.05, 3.63) is 57.7 Å². The Kier molecular flexibility index (Phi) is 8.65. The second kappa shape index (κ2) is 11.9. The van der Waals surface area contributed by atoms with Crippen LogP contribution in [0.25, 0.3) is 0 Å². The molecule has 0 spiro atoms. The standard InChI is InChI=1S/C26H30BrN5O4S/c1-6-12-37-26-30-25-28-15(3)21(24(33)29-18-10-8-9-11-19(18)34-4)22(32(25)31-26)16-13-17(27)23(35-5)20(14-16)36-7-2/h8-11,13-14,22H,6-7,12H2,1-5H3,(H,29,33)(H,28,30,31). The summed E-state index contributed by atoms with van der Waals surface area (Å²) in [6.07, 6.45) is 0.998. The largest absolute Gasteiger partial charge is 0.495 e. The van der Waals surface area contributed by atoms with Gasteiger partial charge >= 0.3 is 0 Å². The lowest BCUT2D eigenvalue weighted by atomic mass is 9.94. The molecule has 2 heterocycles. The van der Waals surface area contributed by atoms with Gasteiger partial charge in [-0.05, 0) is 66.0 Å². The molecule has 2 aromatic carbocycles. The van der Waals surface area contributed by atoms with Gasteiger partial charge in [0.15, 0.2) is 11.5 Å². The van der Waals surface area contributed by atoms with E-state index in [0.717, 1.165) is 17.7 Å². The molecule has 1 amide bonds. The number of carbonyl (C=O) groups excluding carboxylic acids is 1. The molecule has 9 nitrogen and oxygen atoms in total. The van der Waals surface area contributed by atoms with E-state index < -0.39 is 6.04 Å². The third kappa shape index (κ3) is 5.57. The molecule has 2 N–H and O–H groups in total. The number of carbonyl (C=O) groups is 1. The maximum absolute atomic E-state index is 13.8. The van der Waals surface area contributed by atoms with Gasteiger partial charge in [-0.2, -0.15) is 4.98 Å². The molecule has 11 heteroatoms. The second-order valence-electron chi connectivity index (χ2n) is 8.20. The maximum Gasteiger partial charge on any atom is 0.255 e. The van der Waals surface area contributed by atoms with Gasteiger partial charge in [-0.25, -0.2) is 4.68 Å². The zero-order valence-electron chi connectivity index (χ0n) is 21.4. The molecule has 1 aromatic heterocycles. The van der Waals surface area contributed by atoms with Crippen LogP contribution in [0.15, 0.2) is 57.3 Å². The van der Waals surface area contributed by atoms with Crippen molar-refractivity contribution in [2.24, 2.45) is 0 Å². The molecule has 1 atom stereocenters. The molecule has 3 aromatic rings. The SMILES string of the molecule is CCCSc1nc2n(n1)C(c1cc(Br)c(OC)c(OCC)c1)C(C(=O)Nc1ccccc1OC)=C(C)N2. The summed E-state index contributed by atoms with van der Waals surface area (Å²) in [5.74, 6) is 2.90. The number of halogens is 1. The normalized spacial score (nSPS) is 14.6. The van der Waals surface area contributed by atoms with Crippen LogP contribution in [-0.2, 0) is 4.79 Å². The molecule has 0 fully saturated rings. The molecule has 1 aliphatic heterocycles. The predicted molar refractivity (Wildman–Crippen MR) is 149 cm³/mol. The Hall–Kier alpha value is -3.18. The van der Waals surface area contributed by atoms with Crippen LogP contribution >= 0.6 is 27.7 Å². The molecule has 37 heavy (non-hydrogen) atoms. The lowest BCUT2D eigenvalue weighted by molar-refractivity contribution is -0.113. The number of hydrogen-bond donors (Lipinski definition) is 2. The topological polar surface area (TPSA) is 99.5 Å². The minimum atomic E-state index is -0.573. The Morgan fingerprint density at radius 3 is 2.68 bits per heavy atom. The first kappa shape index (κ1) is 26.9. The van der Waals surface area contributed by atoms with Gasteiger partial charge in [-0.1, -0.05) is 30.8 Å². The first-order valence-corrected chi connectivity index (χ1v) is 13.7. The van der Waals surface area contributed by atoms with Gasteiger partial charge in [0.25, 0.3) is 5.91 Å².